The monoisotopic (exact) mass is 501 g/mol. The van der Waals surface area contributed by atoms with Crippen molar-refractivity contribution in [1.82, 2.24) is 14.7 Å². The van der Waals surface area contributed by atoms with Crippen molar-refractivity contribution in [3.63, 3.8) is 0 Å². The number of carbonyl (C=O) groups is 3. The minimum atomic E-state index is -0.425. The zero-order valence-electron chi connectivity index (χ0n) is 19.6. The van der Waals surface area contributed by atoms with Gasteiger partial charge in [0.2, 0.25) is 5.91 Å². The van der Waals surface area contributed by atoms with Crippen LogP contribution in [0.25, 0.3) is 6.08 Å². The number of thiophene rings is 1. The van der Waals surface area contributed by atoms with Gasteiger partial charge in [-0.1, -0.05) is 11.8 Å². The third kappa shape index (κ3) is 4.80. The van der Waals surface area contributed by atoms with Gasteiger partial charge in [-0.25, -0.2) is 9.79 Å². The van der Waals surface area contributed by atoms with Crippen molar-refractivity contribution in [3.8, 4) is 0 Å². The Bertz CT molecular complexity index is 1210. The first-order valence-electron chi connectivity index (χ1n) is 11.1. The predicted octanol–water partition coefficient (Wildman–Crippen LogP) is 3.39. The third-order valence-electron chi connectivity index (χ3n) is 5.72. The van der Waals surface area contributed by atoms with Gasteiger partial charge in [0, 0.05) is 30.2 Å². The molecule has 3 heterocycles. The lowest BCUT2D eigenvalue weighted by Crippen LogP contribution is -2.31. The Morgan fingerprint density at radius 2 is 2.09 bits per heavy atom. The van der Waals surface area contributed by atoms with E-state index in [1.54, 1.807) is 15.7 Å². The van der Waals surface area contributed by atoms with Crippen LogP contribution in [0.5, 0.6) is 0 Å². The van der Waals surface area contributed by atoms with Gasteiger partial charge < -0.3 is 10.1 Å². The molecule has 0 fully saturated rings. The quantitative estimate of drug-likeness (QED) is 0.481. The zero-order valence-corrected chi connectivity index (χ0v) is 21.3. The van der Waals surface area contributed by atoms with Crippen molar-refractivity contribution in [1.29, 1.82) is 0 Å². The summed E-state index contributed by atoms with van der Waals surface area (Å²) >= 11 is 2.64. The Morgan fingerprint density at radius 3 is 2.76 bits per heavy atom. The van der Waals surface area contributed by atoms with Crippen LogP contribution in [0, 0.1) is 6.92 Å². The summed E-state index contributed by atoms with van der Waals surface area (Å²) in [4.78, 5) is 45.2. The van der Waals surface area contributed by atoms with Crippen LogP contribution in [0.15, 0.2) is 16.9 Å². The molecule has 0 atom stereocenters. The van der Waals surface area contributed by atoms with Gasteiger partial charge in [-0.15, -0.1) is 11.3 Å². The standard InChI is InChI=1S/C23H27N5O4S2/c1-5-28-21(30)16(10-14-11-27(3)26-13(14)2)24-23(28)33-12-18(29)25-20-19(22(31)32-4)15-8-6-7-9-17(15)34-20/h10-11H,5-9,12H2,1-4H3,(H,25,29). The van der Waals surface area contributed by atoms with Crippen molar-refractivity contribution in [2.45, 2.75) is 39.5 Å². The number of hydrogen-bond acceptors (Lipinski definition) is 8. The van der Waals surface area contributed by atoms with E-state index in [4.69, 9.17) is 4.74 Å². The number of rotatable bonds is 6. The third-order valence-corrected chi connectivity index (χ3v) is 7.90. The SMILES string of the molecule is CCN1C(=O)C(=Cc2cn(C)nc2C)N=C1SCC(=O)Nc1sc2c(c1C(=O)OC)CCCC2. The second-order valence-electron chi connectivity index (χ2n) is 8.06. The molecule has 34 heavy (non-hydrogen) atoms. The molecule has 2 aromatic rings. The van der Waals surface area contributed by atoms with Crippen LogP contribution in [0.4, 0.5) is 5.00 Å². The van der Waals surface area contributed by atoms with Gasteiger partial charge >= 0.3 is 5.97 Å². The fourth-order valence-corrected chi connectivity index (χ4v) is 6.25. The largest absolute Gasteiger partial charge is 0.465 e. The van der Waals surface area contributed by atoms with Crippen LogP contribution in [-0.4, -0.2) is 57.0 Å². The first-order valence-corrected chi connectivity index (χ1v) is 12.9. The van der Waals surface area contributed by atoms with E-state index in [1.165, 1.54) is 30.2 Å². The fraction of sp³-hybridized carbons (Fsp3) is 0.435. The molecule has 2 aliphatic rings. The number of hydrogen-bond donors (Lipinski definition) is 1. The van der Waals surface area contributed by atoms with Crippen LogP contribution in [0.1, 0.15) is 51.8 Å². The number of amides is 2. The second kappa shape index (κ2) is 10.1. The summed E-state index contributed by atoms with van der Waals surface area (Å²) in [6, 6.07) is 0. The lowest BCUT2D eigenvalue weighted by atomic mass is 9.95. The number of nitrogens with zero attached hydrogens (tertiary/aromatic N) is 4. The maximum Gasteiger partial charge on any atom is 0.341 e. The molecule has 0 radical (unpaired) electrons. The Balaban J connectivity index is 1.48. The van der Waals surface area contributed by atoms with Crippen molar-refractivity contribution in [2.75, 3.05) is 24.7 Å². The van der Waals surface area contributed by atoms with Crippen LogP contribution < -0.4 is 5.32 Å². The number of fused-ring (bicyclic) bond motifs is 1. The number of anilines is 1. The summed E-state index contributed by atoms with van der Waals surface area (Å²) in [6.45, 7) is 4.18. The number of aliphatic imine (C=N–C) groups is 1. The lowest BCUT2D eigenvalue weighted by Gasteiger charge is -2.14. The van der Waals surface area contributed by atoms with Gasteiger partial charge in [-0.2, -0.15) is 5.10 Å². The molecule has 0 aromatic carbocycles. The predicted molar refractivity (Wildman–Crippen MR) is 134 cm³/mol. The molecular weight excluding hydrogens is 474 g/mol. The minimum absolute atomic E-state index is 0.0605. The topological polar surface area (TPSA) is 106 Å². The van der Waals surface area contributed by atoms with E-state index in [0.717, 1.165) is 47.4 Å². The van der Waals surface area contributed by atoms with Crippen LogP contribution >= 0.6 is 23.1 Å². The van der Waals surface area contributed by atoms with Crippen molar-refractivity contribution >= 4 is 57.1 Å². The molecule has 2 aromatic heterocycles. The average molecular weight is 502 g/mol. The van der Waals surface area contributed by atoms with E-state index in [1.807, 2.05) is 27.1 Å². The van der Waals surface area contributed by atoms with E-state index in [0.29, 0.717) is 28.0 Å². The highest BCUT2D eigenvalue weighted by molar-refractivity contribution is 8.14. The van der Waals surface area contributed by atoms with Crippen molar-refractivity contribution in [2.24, 2.45) is 12.0 Å². The molecule has 2 amide bonds. The number of ether oxygens (including phenoxy) is 1. The van der Waals surface area contributed by atoms with Gasteiger partial charge in [-0.05, 0) is 51.2 Å². The number of aryl methyl sites for hydroxylation is 3. The average Bonchev–Trinajstić information content (AvgIpc) is 3.44. The summed E-state index contributed by atoms with van der Waals surface area (Å²) in [5, 5.41) is 8.20. The number of esters is 1. The van der Waals surface area contributed by atoms with Crippen LogP contribution in [-0.2, 0) is 34.2 Å². The maximum absolute atomic E-state index is 12.8. The van der Waals surface area contributed by atoms with Crippen LogP contribution in [0.2, 0.25) is 0 Å². The number of likely N-dealkylation sites (N-methyl/N-ethyl adjacent to an activating group) is 1. The molecule has 4 rings (SSSR count). The van der Waals surface area contributed by atoms with Crippen molar-refractivity contribution in [3.05, 3.63) is 39.2 Å². The molecule has 11 heteroatoms. The molecule has 0 bridgehead atoms. The number of methoxy groups -OCH3 is 1. The highest BCUT2D eigenvalue weighted by Crippen LogP contribution is 2.38. The van der Waals surface area contributed by atoms with Gasteiger partial charge in [0.25, 0.3) is 5.91 Å². The Morgan fingerprint density at radius 1 is 1.32 bits per heavy atom. The Labute approximate surface area is 206 Å². The fourth-order valence-electron chi connectivity index (χ4n) is 4.09. The summed E-state index contributed by atoms with van der Waals surface area (Å²) < 4.78 is 6.66. The summed E-state index contributed by atoms with van der Waals surface area (Å²) in [5.74, 6) is -0.829. The van der Waals surface area contributed by atoms with E-state index in [9.17, 15) is 14.4 Å². The van der Waals surface area contributed by atoms with E-state index in [2.05, 4.69) is 15.4 Å². The van der Waals surface area contributed by atoms with Gasteiger partial charge in [0.15, 0.2) is 5.17 Å². The van der Waals surface area contributed by atoms with Gasteiger partial charge in [0.1, 0.15) is 10.7 Å². The highest BCUT2D eigenvalue weighted by Gasteiger charge is 2.31. The number of thioether (sulfide) groups is 1. The molecule has 0 spiro atoms. The molecule has 1 N–H and O–H groups in total. The molecule has 0 saturated carbocycles. The zero-order chi connectivity index (χ0) is 24.4. The number of carbonyl (C=O) groups excluding carboxylic acids is 3. The lowest BCUT2D eigenvalue weighted by molar-refractivity contribution is -0.122. The smallest absolute Gasteiger partial charge is 0.341 e. The molecule has 1 aliphatic heterocycles. The number of nitrogens with one attached hydrogen (secondary N) is 1. The Kier molecular flexibility index (Phi) is 7.22. The van der Waals surface area contributed by atoms with E-state index >= 15 is 0 Å². The Hall–Kier alpha value is -2.92. The first-order chi connectivity index (χ1) is 16.3. The molecular formula is C23H27N5O4S2. The molecule has 180 valence electrons. The molecule has 0 saturated heterocycles. The number of aromatic nitrogens is 2. The van der Waals surface area contributed by atoms with Crippen LogP contribution in [0.3, 0.4) is 0 Å². The summed E-state index contributed by atoms with van der Waals surface area (Å²) in [6.07, 6.45) is 7.37. The van der Waals surface area contributed by atoms with E-state index < -0.39 is 5.97 Å². The number of amidine groups is 1. The second-order valence-corrected chi connectivity index (χ2v) is 10.1. The molecule has 0 unspecified atom stereocenters. The normalized spacial score (nSPS) is 16.6. The summed E-state index contributed by atoms with van der Waals surface area (Å²) in [7, 11) is 3.17. The minimum Gasteiger partial charge on any atom is -0.465 e. The summed E-state index contributed by atoms with van der Waals surface area (Å²) in [5.41, 5.74) is 3.42. The van der Waals surface area contributed by atoms with E-state index in [-0.39, 0.29) is 17.6 Å². The van der Waals surface area contributed by atoms with Gasteiger partial charge in [-0.3, -0.25) is 19.2 Å². The first kappa shape index (κ1) is 24.2. The molecule has 1 aliphatic carbocycles. The van der Waals surface area contributed by atoms with Crippen molar-refractivity contribution < 1.29 is 19.1 Å². The van der Waals surface area contributed by atoms with Gasteiger partial charge in [0.05, 0.1) is 24.1 Å². The highest BCUT2D eigenvalue weighted by atomic mass is 32.2. The maximum atomic E-state index is 12.8. The molecule has 9 nitrogen and oxygen atoms in total.